The summed E-state index contributed by atoms with van der Waals surface area (Å²) in [6, 6.07) is 0. The molecular weight excluding hydrogens is 277 g/mol. The number of hydrogen-bond acceptors (Lipinski definition) is 4. The van der Waals surface area contributed by atoms with E-state index in [0.717, 1.165) is 0 Å². The van der Waals surface area contributed by atoms with Crippen LogP contribution >= 0.6 is 0 Å². The van der Waals surface area contributed by atoms with Crippen LogP contribution in [0.15, 0.2) is 0 Å². The molecule has 1 heterocycles. The minimum atomic E-state index is -5.08. The van der Waals surface area contributed by atoms with Crippen molar-refractivity contribution in [2.24, 2.45) is 5.73 Å². The van der Waals surface area contributed by atoms with Crippen LogP contribution in [0, 0.1) is 0 Å². The SMILES string of the molecule is CN1C(C)(CN)CCS1(=O)=O.O=C(O)C(F)(F)F. The molecule has 1 saturated heterocycles. The van der Waals surface area contributed by atoms with Gasteiger partial charge in [-0.05, 0) is 13.3 Å². The first-order chi connectivity index (χ1) is 7.87. The Labute approximate surface area is 103 Å². The van der Waals surface area contributed by atoms with Crippen LogP contribution in [0.3, 0.4) is 0 Å². The summed E-state index contributed by atoms with van der Waals surface area (Å²) in [5.74, 6) is -2.52. The van der Waals surface area contributed by atoms with Gasteiger partial charge in [0.1, 0.15) is 0 Å². The number of hydrogen-bond donors (Lipinski definition) is 2. The number of halogens is 3. The van der Waals surface area contributed by atoms with E-state index >= 15 is 0 Å². The number of sulfonamides is 1. The molecule has 10 heteroatoms. The van der Waals surface area contributed by atoms with Gasteiger partial charge in [-0.3, -0.25) is 0 Å². The van der Waals surface area contributed by atoms with E-state index in [1.807, 2.05) is 6.92 Å². The molecule has 1 unspecified atom stereocenters. The molecule has 108 valence electrons. The van der Waals surface area contributed by atoms with Crippen molar-refractivity contribution >= 4 is 16.0 Å². The lowest BCUT2D eigenvalue weighted by Crippen LogP contribution is -2.46. The summed E-state index contributed by atoms with van der Waals surface area (Å²) in [6.45, 7) is 2.26. The van der Waals surface area contributed by atoms with Gasteiger partial charge >= 0.3 is 12.1 Å². The summed E-state index contributed by atoms with van der Waals surface area (Å²) in [5, 5.41) is 7.12. The van der Waals surface area contributed by atoms with Gasteiger partial charge in [0.2, 0.25) is 10.0 Å². The second-order valence-corrected chi connectivity index (χ2v) is 6.16. The molecule has 0 aromatic rings. The molecule has 1 fully saturated rings. The van der Waals surface area contributed by atoms with Gasteiger partial charge in [0.05, 0.1) is 5.75 Å². The van der Waals surface area contributed by atoms with E-state index in [9.17, 15) is 21.6 Å². The van der Waals surface area contributed by atoms with E-state index in [4.69, 9.17) is 15.6 Å². The van der Waals surface area contributed by atoms with Crippen LogP contribution in [0.5, 0.6) is 0 Å². The normalized spacial score (nSPS) is 27.4. The molecule has 0 bridgehead atoms. The third kappa shape index (κ3) is 4.10. The van der Waals surface area contributed by atoms with Crippen LogP contribution < -0.4 is 5.73 Å². The number of alkyl halides is 3. The lowest BCUT2D eigenvalue weighted by molar-refractivity contribution is -0.192. The molecule has 6 nitrogen and oxygen atoms in total. The lowest BCUT2D eigenvalue weighted by atomic mass is 10.0. The smallest absolute Gasteiger partial charge is 0.475 e. The number of likely N-dealkylation sites (N-methyl/N-ethyl adjacent to an activating group) is 1. The predicted octanol–water partition coefficient (Wildman–Crippen LogP) is 0.00240. The molecule has 0 amide bonds. The average molecular weight is 292 g/mol. The molecule has 0 spiro atoms. The Hall–Kier alpha value is -0.870. The summed E-state index contributed by atoms with van der Waals surface area (Å²) in [6.07, 6.45) is -4.44. The highest BCUT2D eigenvalue weighted by atomic mass is 32.2. The summed E-state index contributed by atoms with van der Waals surface area (Å²) in [7, 11) is -1.40. The lowest BCUT2D eigenvalue weighted by Gasteiger charge is -2.28. The number of nitrogens with two attached hydrogens (primary N) is 1. The van der Waals surface area contributed by atoms with Crippen molar-refractivity contribution in [2.45, 2.75) is 25.1 Å². The quantitative estimate of drug-likeness (QED) is 0.708. The predicted molar refractivity (Wildman–Crippen MR) is 57.3 cm³/mol. The van der Waals surface area contributed by atoms with Crippen molar-refractivity contribution in [3.63, 3.8) is 0 Å². The highest BCUT2D eigenvalue weighted by Gasteiger charge is 2.42. The van der Waals surface area contributed by atoms with Crippen molar-refractivity contribution < 1.29 is 31.5 Å². The molecule has 18 heavy (non-hydrogen) atoms. The van der Waals surface area contributed by atoms with Gasteiger partial charge in [0.15, 0.2) is 0 Å². The molecule has 1 aliphatic rings. The van der Waals surface area contributed by atoms with E-state index in [-0.39, 0.29) is 11.3 Å². The third-order valence-corrected chi connectivity index (χ3v) is 4.75. The highest BCUT2D eigenvalue weighted by molar-refractivity contribution is 7.89. The zero-order valence-corrected chi connectivity index (χ0v) is 10.7. The van der Waals surface area contributed by atoms with Gasteiger partial charge in [-0.15, -0.1) is 0 Å². The minimum Gasteiger partial charge on any atom is -0.475 e. The fourth-order valence-corrected chi connectivity index (χ4v) is 3.02. The number of rotatable bonds is 1. The Morgan fingerprint density at radius 2 is 1.89 bits per heavy atom. The largest absolute Gasteiger partial charge is 0.490 e. The van der Waals surface area contributed by atoms with Gasteiger partial charge in [0.25, 0.3) is 0 Å². The van der Waals surface area contributed by atoms with E-state index in [1.165, 1.54) is 4.31 Å². The van der Waals surface area contributed by atoms with Gasteiger partial charge in [0, 0.05) is 19.1 Å². The molecule has 0 saturated carbocycles. The number of carboxylic acid groups (broad SMARTS) is 1. The second-order valence-electron chi connectivity index (χ2n) is 4.04. The van der Waals surface area contributed by atoms with Crippen LogP contribution in [0.4, 0.5) is 13.2 Å². The van der Waals surface area contributed by atoms with Crippen molar-refractivity contribution in [3.8, 4) is 0 Å². The van der Waals surface area contributed by atoms with Gasteiger partial charge in [-0.1, -0.05) is 0 Å². The van der Waals surface area contributed by atoms with Crippen molar-refractivity contribution in [1.82, 2.24) is 4.31 Å². The first-order valence-electron chi connectivity index (χ1n) is 4.84. The zero-order chi connectivity index (χ0) is 14.8. The van der Waals surface area contributed by atoms with Gasteiger partial charge in [-0.25, -0.2) is 13.2 Å². The van der Waals surface area contributed by atoms with E-state index in [2.05, 4.69) is 0 Å². The molecule has 0 aromatic carbocycles. The maximum absolute atomic E-state index is 11.2. The summed E-state index contributed by atoms with van der Waals surface area (Å²) in [4.78, 5) is 8.90. The Balaban J connectivity index is 0.000000360. The van der Waals surface area contributed by atoms with Crippen LogP contribution in [0.2, 0.25) is 0 Å². The van der Waals surface area contributed by atoms with Crippen LogP contribution in [0.25, 0.3) is 0 Å². The Bertz CT molecular complexity index is 409. The van der Waals surface area contributed by atoms with Crippen molar-refractivity contribution in [3.05, 3.63) is 0 Å². The van der Waals surface area contributed by atoms with Crippen LogP contribution in [0.1, 0.15) is 13.3 Å². The van der Waals surface area contributed by atoms with Gasteiger partial charge < -0.3 is 10.8 Å². The summed E-state index contributed by atoms with van der Waals surface area (Å²) in [5.41, 5.74) is 5.13. The van der Waals surface area contributed by atoms with E-state index < -0.39 is 22.2 Å². The number of aliphatic carboxylic acids is 1. The molecule has 1 aliphatic heterocycles. The Kier molecular flexibility index (Phi) is 5.15. The number of carboxylic acids is 1. The van der Waals surface area contributed by atoms with Crippen LogP contribution in [-0.2, 0) is 14.8 Å². The van der Waals surface area contributed by atoms with Crippen molar-refractivity contribution in [2.75, 3.05) is 19.3 Å². The number of nitrogens with zero attached hydrogens (tertiary/aromatic N) is 1. The van der Waals surface area contributed by atoms with Gasteiger partial charge in [-0.2, -0.15) is 17.5 Å². The fraction of sp³-hybridized carbons (Fsp3) is 0.875. The third-order valence-electron chi connectivity index (χ3n) is 2.76. The maximum Gasteiger partial charge on any atom is 0.490 e. The zero-order valence-electron chi connectivity index (χ0n) is 9.86. The van der Waals surface area contributed by atoms with E-state index in [1.54, 1.807) is 7.05 Å². The van der Waals surface area contributed by atoms with Crippen molar-refractivity contribution in [1.29, 1.82) is 0 Å². The van der Waals surface area contributed by atoms with E-state index in [0.29, 0.717) is 13.0 Å². The monoisotopic (exact) mass is 292 g/mol. The Morgan fingerprint density at radius 1 is 1.50 bits per heavy atom. The standard InChI is InChI=1S/C6H14N2O2S.C2HF3O2/c1-6(5-7)3-4-11(9,10)8(6)2;3-2(4,5)1(6)7/h3-5,7H2,1-2H3;(H,6,7). The molecule has 3 N–H and O–H groups in total. The molecular formula is C8H15F3N2O4S. The first kappa shape index (κ1) is 17.1. The molecule has 1 rings (SSSR count). The summed E-state index contributed by atoms with van der Waals surface area (Å²) >= 11 is 0. The molecule has 0 radical (unpaired) electrons. The average Bonchev–Trinajstić information content (AvgIpc) is 2.43. The molecule has 0 aromatic heterocycles. The molecule has 0 aliphatic carbocycles. The number of carbonyl (C=O) groups is 1. The fourth-order valence-electron chi connectivity index (χ4n) is 1.21. The topological polar surface area (TPSA) is 101 Å². The molecule has 1 atom stereocenters. The Morgan fingerprint density at radius 3 is 2.00 bits per heavy atom. The van der Waals surface area contributed by atoms with Crippen LogP contribution in [-0.4, -0.2) is 54.9 Å². The highest BCUT2D eigenvalue weighted by Crippen LogP contribution is 2.28. The minimum absolute atomic E-state index is 0.233. The summed E-state index contributed by atoms with van der Waals surface area (Å²) < 4.78 is 55.5. The maximum atomic E-state index is 11.2. The first-order valence-corrected chi connectivity index (χ1v) is 6.44. The second kappa shape index (κ2) is 5.41.